The van der Waals surface area contributed by atoms with Gasteiger partial charge in [-0.15, -0.1) is 0 Å². The smallest absolute Gasteiger partial charge is 0.248 e. The monoisotopic (exact) mass is 276 g/mol. The predicted octanol–water partition coefficient (Wildman–Crippen LogP) is 2.15. The van der Waals surface area contributed by atoms with Crippen LogP contribution < -0.4 is 4.90 Å². The summed E-state index contributed by atoms with van der Waals surface area (Å²) in [5, 5.41) is 0. The van der Waals surface area contributed by atoms with Crippen molar-refractivity contribution in [2.24, 2.45) is 0 Å². The Morgan fingerprint density at radius 1 is 1.10 bits per heavy atom. The van der Waals surface area contributed by atoms with Gasteiger partial charge in [0, 0.05) is 31.9 Å². The molecule has 4 heteroatoms. The largest absolute Gasteiger partial charge is 0.368 e. The van der Waals surface area contributed by atoms with Crippen LogP contribution in [0.15, 0.2) is 30.3 Å². The van der Waals surface area contributed by atoms with Gasteiger partial charge in [0.15, 0.2) is 0 Å². The zero-order valence-corrected chi connectivity index (χ0v) is 12.6. The highest BCUT2D eigenvalue weighted by molar-refractivity contribution is 5.77. The molecule has 4 nitrogen and oxygen atoms in total. The fourth-order valence-corrected chi connectivity index (χ4v) is 2.22. The van der Waals surface area contributed by atoms with Crippen LogP contribution >= 0.6 is 0 Å². The Morgan fingerprint density at radius 3 is 2.25 bits per heavy atom. The molecule has 1 aliphatic rings. The highest BCUT2D eigenvalue weighted by atomic mass is 16.5. The van der Waals surface area contributed by atoms with E-state index in [0.29, 0.717) is 0 Å². The molecule has 1 amide bonds. The summed E-state index contributed by atoms with van der Waals surface area (Å²) in [5.41, 5.74) is 0.965. The molecular formula is C16H24N2O2. The van der Waals surface area contributed by atoms with E-state index in [1.807, 2.05) is 43.9 Å². The van der Waals surface area contributed by atoms with Gasteiger partial charge in [-0.3, -0.25) is 4.79 Å². The fourth-order valence-electron chi connectivity index (χ4n) is 2.22. The van der Waals surface area contributed by atoms with Crippen LogP contribution in [0.1, 0.15) is 20.8 Å². The van der Waals surface area contributed by atoms with Crippen LogP contribution in [0, 0.1) is 0 Å². The first-order valence-corrected chi connectivity index (χ1v) is 7.17. The summed E-state index contributed by atoms with van der Waals surface area (Å²) < 4.78 is 5.55. The highest BCUT2D eigenvalue weighted by Gasteiger charge is 2.22. The number of hydrogen-bond donors (Lipinski definition) is 0. The molecule has 0 aliphatic carbocycles. The lowest BCUT2D eigenvalue weighted by Gasteiger charge is -2.36. The first-order chi connectivity index (χ1) is 9.46. The maximum absolute atomic E-state index is 12.1. The van der Waals surface area contributed by atoms with E-state index in [2.05, 4.69) is 17.0 Å². The van der Waals surface area contributed by atoms with Gasteiger partial charge in [0.05, 0.1) is 5.60 Å². The Balaban J connectivity index is 1.81. The third kappa shape index (κ3) is 4.23. The molecule has 1 fully saturated rings. The highest BCUT2D eigenvalue weighted by Crippen LogP contribution is 2.16. The third-order valence-corrected chi connectivity index (χ3v) is 3.38. The van der Waals surface area contributed by atoms with Gasteiger partial charge < -0.3 is 14.5 Å². The summed E-state index contributed by atoms with van der Waals surface area (Å²) in [6, 6.07) is 10.3. The van der Waals surface area contributed by atoms with E-state index in [1.165, 1.54) is 5.69 Å². The Morgan fingerprint density at radius 2 is 1.70 bits per heavy atom. The summed E-state index contributed by atoms with van der Waals surface area (Å²) in [7, 11) is 0. The van der Waals surface area contributed by atoms with Crippen LogP contribution in [0.25, 0.3) is 0 Å². The molecule has 1 aromatic rings. The summed E-state index contributed by atoms with van der Waals surface area (Å²) in [6.45, 7) is 9.36. The molecule has 0 bridgehead atoms. The molecule has 1 heterocycles. The number of amides is 1. The SMILES string of the molecule is CC(C)(C)OCC(=O)N1CCN(c2ccccc2)CC1. The summed E-state index contributed by atoms with van der Waals surface area (Å²) in [6.07, 6.45) is 0. The number of ether oxygens (including phenoxy) is 1. The average Bonchev–Trinajstić information content (AvgIpc) is 2.45. The molecule has 0 radical (unpaired) electrons. The van der Waals surface area contributed by atoms with Gasteiger partial charge in [0.2, 0.25) is 5.91 Å². The van der Waals surface area contributed by atoms with Crippen molar-refractivity contribution < 1.29 is 9.53 Å². The molecule has 0 N–H and O–H groups in total. The van der Waals surface area contributed by atoms with Gasteiger partial charge in [0.1, 0.15) is 6.61 Å². The van der Waals surface area contributed by atoms with Crippen molar-refractivity contribution in [1.29, 1.82) is 0 Å². The minimum absolute atomic E-state index is 0.0904. The lowest BCUT2D eigenvalue weighted by molar-refractivity contribution is -0.141. The molecule has 1 aromatic carbocycles. The number of nitrogens with zero attached hydrogens (tertiary/aromatic N) is 2. The van der Waals surface area contributed by atoms with E-state index in [0.717, 1.165) is 26.2 Å². The average molecular weight is 276 g/mol. The van der Waals surface area contributed by atoms with Gasteiger partial charge in [-0.2, -0.15) is 0 Å². The summed E-state index contributed by atoms with van der Waals surface area (Å²) >= 11 is 0. The maximum Gasteiger partial charge on any atom is 0.248 e. The van der Waals surface area contributed by atoms with Crippen LogP contribution in [-0.2, 0) is 9.53 Å². The fraction of sp³-hybridized carbons (Fsp3) is 0.562. The van der Waals surface area contributed by atoms with Crippen LogP contribution in [0.3, 0.4) is 0 Å². The van der Waals surface area contributed by atoms with E-state index in [9.17, 15) is 4.79 Å². The molecule has 0 spiro atoms. The van der Waals surface area contributed by atoms with Crippen molar-refractivity contribution >= 4 is 11.6 Å². The molecule has 0 aromatic heterocycles. The van der Waals surface area contributed by atoms with Crippen molar-refractivity contribution in [3.05, 3.63) is 30.3 Å². The van der Waals surface area contributed by atoms with E-state index in [1.54, 1.807) is 0 Å². The van der Waals surface area contributed by atoms with Crippen molar-refractivity contribution in [3.8, 4) is 0 Å². The number of benzene rings is 1. The summed E-state index contributed by atoms with van der Waals surface area (Å²) in [4.78, 5) is 16.3. The number of carbonyl (C=O) groups excluding carboxylic acids is 1. The first-order valence-electron chi connectivity index (χ1n) is 7.17. The van der Waals surface area contributed by atoms with Crippen molar-refractivity contribution in [2.75, 3.05) is 37.7 Å². The predicted molar refractivity (Wildman–Crippen MR) is 80.9 cm³/mol. The summed E-state index contributed by atoms with van der Waals surface area (Å²) in [5.74, 6) is 0.0904. The number of para-hydroxylation sites is 1. The van der Waals surface area contributed by atoms with Crippen molar-refractivity contribution in [1.82, 2.24) is 4.90 Å². The van der Waals surface area contributed by atoms with Gasteiger partial charge in [0.25, 0.3) is 0 Å². The molecule has 0 atom stereocenters. The molecule has 1 saturated heterocycles. The molecule has 110 valence electrons. The Labute approximate surface area is 121 Å². The molecule has 20 heavy (non-hydrogen) atoms. The Hall–Kier alpha value is -1.55. The zero-order chi connectivity index (χ0) is 14.6. The third-order valence-electron chi connectivity index (χ3n) is 3.38. The van der Waals surface area contributed by atoms with E-state index in [-0.39, 0.29) is 18.1 Å². The zero-order valence-electron chi connectivity index (χ0n) is 12.6. The number of piperazine rings is 1. The Bertz CT molecular complexity index is 432. The van der Waals surface area contributed by atoms with Crippen LogP contribution in [0.2, 0.25) is 0 Å². The van der Waals surface area contributed by atoms with E-state index in [4.69, 9.17) is 4.74 Å². The minimum atomic E-state index is -0.262. The second kappa shape index (κ2) is 6.27. The van der Waals surface area contributed by atoms with Crippen LogP contribution in [0.5, 0.6) is 0 Å². The lowest BCUT2D eigenvalue weighted by Crippen LogP contribution is -2.50. The molecule has 1 aliphatic heterocycles. The van der Waals surface area contributed by atoms with Crippen molar-refractivity contribution in [2.45, 2.75) is 26.4 Å². The normalized spacial score (nSPS) is 16.4. The van der Waals surface area contributed by atoms with Crippen LogP contribution in [-0.4, -0.2) is 49.2 Å². The van der Waals surface area contributed by atoms with Gasteiger partial charge >= 0.3 is 0 Å². The maximum atomic E-state index is 12.1. The number of hydrogen-bond acceptors (Lipinski definition) is 3. The van der Waals surface area contributed by atoms with Gasteiger partial charge in [-0.1, -0.05) is 18.2 Å². The molecule has 0 unspecified atom stereocenters. The second-order valence-corrected chi connectivity index (χ2v) is 6.10. The van der Waals surface area contributed by atoms with Crippen molar-refractivity contribution in [3.63, 3.8) is 0 Å². The topological polar surface area (TPSA) is 32.8 Å². The Kier molecular flexibility index (Phi) is 4.65. The number of carbonyl (C=O) groups is 1. The number of anilines is 1. The standard InChI is InChI=1S/C16H24N2O2/c1-16(2,3)20-13-15(19)18-11-9-17(10-12-18)14-7-5-4-6-8-14/h4-8H,9-13H2,1-3H3. The van der Waals surface area contributed by atoms with Gasteiger partial charge in [-0.25, -0.2) is 0 Å². The quantitative estimate of drug-likeness (QED) is 0.848. The first kappa shape index (κ1) is 14.9. The van der Waals surface area contributed by atoms with E-state index >= 15 is 0 Å². The van der Waals surface area contributed by atoms with Gasteiger partial charge in [-0.05, 0) is 32.9 Å². The van der Waals surface area contributed by atoms with E-state index < -0.39 is 0 Å². The number of rotatable bonds is 3. The second-order valence-electron chi connectivity index (χ2n) is 6.10. The van der Waals surface area contributed by atoms with Crippen LogP contribution in [0.4, 0.5) is 5.69 Å². The molecule has 2 rings (SSSR count). The minimum Gasteiger partial charge on any atom is -0.368 e. The molecule has 0 saturated carbocycles. The molecular weight excluding hydrogens is 252 g/mol. The lowest BCUT2D eigenvalue weighted by atomic mass is 10.2.